The van der Waals surface area contributed by atoms with Crippen LogP contribution in [0.25, 0.3) is 0 Å². The van der Waals surface area contributed by atoms with E-state index in [2.05, 4.69) is 10.3 Å². The smallest absolute Gasteiger partial charge is 0.337 e. The third-order valence-electron chi connectivity index (χ3n) is 2.67. The van der Waals surface area contributed by atoms with Crippen LogP contribution in [0.1, 0.15) is 15.9 Å². The van der Waals surface area contributed by atoms with Gasteiger partial charge in [-0.15, -0.1) is 0 Å². The Morgan fingerprint density at radius 2 is 1.86 bits per heavy atom. The highest BCUT2D eigenvalue weighted by Crippen LogP contribution is 2.14. The molecule has 0 aliphatic heterocycles. The van der Waals surface area contributed by atoms with Crippen LogP contribution in [0.5, 0.6) is 0 Å². The van der Waals surface area contributed by atoms with Gasteiger partial charge in [0.15, 0.2) is 0 Å². The Morgan fingerprint density at radius 3 is 2.48 bits per heavy atom. The number of carbonyl (C=O) groups excluding carboxylic acids is 1. The van der Waals surface area contributed by atoms with Crippen LogP contribution in [-0.4, -0.2) is 22.0 Å². The molecule has 0 aliphatic rings. The van der Waals surface area contributed by atoms with Crippen molar-refractivity contribution in [3.05, 3.63) is 59.4 Å². The Balaban J connectivity index is 2.12. The van der Waals surface area contributed by atoms with Gasteiger partial charge in [-0.3, -0.25) is 9.78 Å². The van der Waals surface area contributed by atoms with E-state index in [0.717, 1.165) is 18.3 Å². The van der Waals surface area contributed by atoms with E-state index >= 15 is 0 Å². The summed E-state index contributed by atoms with van der Waals surface area (Å²) < 4.78 is 26.8. The molecule has 1 aromatic carbocycles. The number of benzene rings is 1. The van der Waals surface area contributed by atoms with E-state index in [1.165, 1.54) is 18.3 Å². The molecular formula is C14H10F2N2O3. The monoisotopic (exact) mass is 292 g/mol. The average molecular weight is 292 g/mol. The number of carboxylic acid groups (broad SMARTS) is 1. The Bertz CT molecular complexity index is 684. The molecule has 0 spiro atoms. The van der Waals surface area contributed by atoms with Crippen LogP contribution in [0, 0.1) is 11.6 Å². The maximum atomic E-state index is 13.4. The lowest BCUT2D eigenvalue weighted by molar-refractivity contribution is -0.115. The molecule has 2 aromatic rings. The first-order valence-electron chi connectivity index (χ1n) is 5.88. The Kier molecular flexibility index (Phi) is 4.22. The summed E-state index contributed by atoms with van der Waals surface area (Å²) in [5.74, 6) is -3.51. The van der Waals surface area contributed by atoms with Gasteiger partial charge in [0.2, 0.25) is 5.91 Å². The van der Waals surface area contributed by atoms with E-state index in [1.54, 1.807) is 0 Å². The summed E-state index contributed by atoms with van der Waals surface area (Å²) in [7, 11) is 0. The number of carbonyl (C=O) groups is 2. The summed E-state index contributed by atoms with van der Waals surface area (Å²) >= 11 is 0. The molecule has 1 aromatic heterocycles. The summed E-state index contributed by atoms with van der Waals surface area (Å²) in [6, 6.07) is 4.51. The molecule has 1 heterocycles. The molecule has 0 saturated carbocycles. The van der Waals surface area contributed by atoms with Gasteiger partial charge in [0.05, 0.1) is 23.9 Å². The van der Waals surface area contributed by atoms with Crippen molar-refractivity contribution in [2.45, 2.75) is 6.42 Å². The first kappa shape index (κ1) is 14.6. The van der Waals surface area contributed by atoms with Crippen molar-refractivity contribution in [1.82, 2.24) is 4.98 Å². The second-order valence-corrected chi connectivity index (χ2v) is 4.19. The van der Waals surface area contributed by atoms with Gasteiger partial charge < -0.3 is 10.4 Å². The molecule has 5 nitrogen and oxygen atoms in total. The molecule has 0 atom stereocenters. The van der Waals surface area contributed by atoms with Gasteiger partial charge in [0.1, 0.15) is 11.6 Å². The first-order valence-corrected chi connectivity index (χ1v) is 5.88. The third-order valence-corrected chi connectivity index (χ3v) is 2.67. The van der Waals surface area contributed by atoms with Crippen LogP contribution in [0.4, 0.5) is 14.5 Å². The topological polar surface area (TPSA) is 79.3 Å². The van der Waals surface area contributed by atoms with Gasteiger partial charge in [-0.1, -0.05) is 6.07 Å². The molecule has 1 amide bonds. The number of carboxylic acids is 1. The summed E-state index contributed by atoms with van der Waals surface area (Å²) in [4.78, 5) is 26.2. The van der Waals surface area contributed by atoms with E-state index < -0.39 is 29.9 Å². The van der Waals surface area contributed by atoms with E-state index in [-0.39, 0.29) is 16.8 Å². The van der Waals surface area contributed by atoms with Crippen molar-refractivity contribution >= 4 is 17.6 Å². The van der Waals surface area contributed by atoms with Gasteiger partial charge in [0, 0.05) is 11.8 Å². The van der Waals surface area contributed by atoms with Crippen molar-refractivity contribution in [2.75, 3.05) is 5.32 Å². The molecule has 21 heavy (non-hydrogen) atoms. The van der Waals surface area contributed by atoms with Crippen LogP contribution in [0.15, 0.2) is 36.7 Å². The number of aromatic nitrogens is 1. The molecule has 108 valence electrons. The average Bonchev–Trinajstić information content (AvgIpc) is 2.43. The number of nitrogens with one attached hydrogen (secondary N) is 1. The maximum absolute atomic E-state index is 13.4. The highest BCUT2D eigenvalue weighted by molar-refractivity contribution is 5.94. The number of halogens is 2. The summed E-state index contributed by atoms with van der Waals surface area (Å²) in [6.45, 7) is 0. The Morgan fingerprint density at radius 1 is 1.19 bits per heavy atom. The van der Waals surface area contributed by atoms with Crippen molar-refractivity contribution in [2.24, 2.45) is 0 Å². The van der Waals surface area contributed by atoms with Crippen molar-refractivity contribution < 1.29 is 23.5 Å². The fourth-order valence-corrected chi connectivity index (χ4v) is 1.69. The minimum atomic E-state index is -1.20. The number of rotatable bonds is 4. The van der Waals surface area contributed by atoms with Crippen LogP contribution in [0.2, 0.25) is 0 Å². The zero-order valence-electron chi connectivity index (χ0n) is 10.6. The molecule has 0 saturated heterocycles. The standard InChI is InChI=1S/C14H10F2N2O3/c15-11-2-1-3-12(16)10(11)5-13(19)18-9-4-8(14(20)21)6-17-7-9/h1-4,6-7H,5H2,(H,18,19)(H,20,21). The second-order valence-electron chi connectivity index (χ2n) is 4.19. The van der Waals surface area contributed by atoms with E-state index in [1.807, 2.05) is 0 Å². The molecule has 2 N–H and O–H groups in total. The lowest BCUT2D eigenvalue weighted by Crippen LogP contribution is -2.16. The van der Waals surface area contributed by atoms with Crippen molar-refractivity contribution in [3.8, 4) is 0 Å². The van der Waals surface area contributed by atoms with Crippen LogP contribution >= 0.6 is 0 Å². The molecule has 0 aliphatic carbocycles. The van der Waals surface area contributed by atoms with Gasteiger partial charge in [0.25, 0.3) is 0 Å². The largest absolute Gasteiger partial charge is 0.478 e. The van der Waals surface area contributed by atoms with Crippen LogP contribution < -0.4 is 5.32 Å². The van der Waals surface area contributed by atoms with Gasteiger partial charge in [-0.05, 0) is 18.2 Å². The summed E-state index contributed by atoms with van der Waals surface area (Å²) in [6.07, 6.45) is 1.85. The summed E-state index contributed by atoms with van der Waals surface area (Å²) in [5, 5.41) is 11.1. The van der Waals surface area contributed by atoms with Crippen molar-refractivity contribution in [3.63, 3.8) is 0 Å². The number of amides is 1. The number of aromatic carboxylic acids is 1. The lowest BCUT2D eigenvalue weighted by Gasteiger charge is -2.07. The Labute approximate surface area is 118 Å². The molecular weight excluding hydrogens is 282 g/mol. The highest BCUT2D eigenvalue weighted by atomic mass is 19.1. The fourth-order valence-electron chi connectivity index (χ4n) is 1.69. The van der Waals surface area contributed by atoms with Crippen LogP contribution in [-0.2, 0) is 11.2 Å². The SMILES string of the molecule is O=C(Cc1c(F)cccc1F)Nc1cncc(C(=O)O)c1. The molecule has 0 radical (unpaired) electrons. The maximum Gasteiger partial charge on any atom is 0.337 e. The normalized spacial score (nSPS) is 10.2. The number of pyridine rings is 1. The van der Waals surface area contributed by atoms with Gasteiger partial charge >= 0.3 is 5.97 Å². The second kappa shape index (κ2) is 6.08. The number of nitrogens with zero attached hydrogens (tertiary/aromatic N) is 1. The molecule has 0 bridgehead atoms. The highest BCUT2D eigenvalue weighted by Gasteiger charge is 2.13. The quantitative estimate of drug-likeness (QED) is 0.905. The fraction of sp³-hybridized carbons (Fsp3) is 0.0714. The van der Waals surface area contributed by atoms with Crippen molar-refractivity contribution in [1.29, 1.82) is 0 Å². The number of hydrogen-bond donors (Lipinski definition) is 2. The number of anilines is 1. The molecule has 7 heteroatoms. The van der Waals surface area contributed by atoms with E-state index in [4.69, 9.17) is 5.11 Å². The zero-order chi connectivity index (χ0) is 15.4. The molecule has 0 unspecified atom stereocenters. The predicted octanol–water partition coefficient (Wildman–Crippen LogP) is 2.24. The van der Waals surface area contributed by atoms with Gasteiger partial charge in [-0.25, -0.2) is 13.6 Å². The predicted molar refractivity (Wildman–Crippen MR) is 69.9 cm³/mol. The van der Waals surface area contributed by atoms with Gasteiger partial charge in [-0.2, -0.15) is 0 Å². The lowest BCUT2D eigenvalue weighted by atomic mass is 10.1. The minimum absolute atomic E-state index is 0.107. The summed E-state index contributed by atoms with van der Waals surface area (Å²) in [5.41, 5.74) is -0.320. The first-order chi connectivity index (χ1) is 9.97. The Hall–Kier alpha value is -2.83. The van der Waals surface area contributed by atoms with E-state index in [0.29, 0.717) is 0 Å². The van der Waals surface area contributed by atoms with Crippen LogP contribution in [0.3, 0.4) is 0 Å². The molecule has 0 fully saturated rings. The minimum Gasteiger partial charge on any atom is -0.478 e. The molecule has 2 rings (SSSR count). The third kappa shape index (κ3) is 3.59. The zero-order valence-corrected chi connectivity index (χ0v) is 10.6. The van der Waals surface area contributed by atoms with E-state index in [9.17, 15) is 18.4 Å². The number of hydrogen-bond acceptors (Lipinski definition) is 3.